The molecule has 1 aromatic carbocycles. The summed E-state index contributed by atoms with van der Waals surface area (Å²) in [6, 6.07) is 8.53. The van der Waals surface area contributed by atoms with Gasteiger partial charge in [-0.3, -0.25) is 14.6 Å². The van der Waals surface area contributed by atoms with E-state index in [2.05, 4.69) is 15.6 Å². The van der Waals surface area contributed by atoms with E-state index in [1.165, 1.54) is 0 Å². The highest BCUT2D eigenvalue weighted by molar-refractivity contribution is 5.97. The molecule has 0 saturated heterocycles. The smallest absolute Gasteiger partial charge is 0.251 e. The first-order valence-corrected chi connectivity index (χ1v) is 7.06. The molecule has 3 rings (SSSR count). The molecule has 7 heteroatoms. The normalized spacial score (nSPS) is 11.8. The van der Waals surface area contributed by atoms with Gasteiger partial charge in [0.25, 0.3) is 5.91 Å². The fourth-order valence-electron chi connectivity index (χ4n) is 2.07. The molecule has 2 aromatic rings. The van der Waals surface area contributed by atoms with Gasteiger partial charge < -0.3 is 20.1 Å². The molecular weight excluding hydrogens is 298 g/mol. The van der Waals surface area contributed by atoms with Gasteiger partial charge in [0, 0.05) is 24.5 Å². The van der Waals surface area contributed by atoms with E-state index in [1.807, 2.05) is 6.07 Å². The number of nitrogens with one attached hydrogen (secondary N) is 2. The van der Waals surface area contributed by atoms with E-state index in [0.29, 0.717) is 23.6 Å². The lowest BCUT2D eigenvalue weighted by Gasteiger charge is -2.07. The Morgan fingerprint density at radius 1 is 1.13 bits per heavy atom. The largest absolute Gasteiger partial charge is 0.454 e. The Bertz CT molecular complexity index is 719. The molecule has 23 heavy (non-hydrogen) atoms. The van der Waals surface area contributed by atoms with Crippen molar-refractivity contribution in [3.8, 4) is 11.5 Å². The Balaban J connectivity index is 1.48. The molecule has 2 amide bonds. The summed E-state index contributed by atoms with van der Waals surface area (Å²) in [4.78, 5) is 27.7. The minimum atomic E-state index is -0.347. The van der Waals surface area contributed by atoms with E-state index < -0.39 is 0 Å². The van der Waals surface area contributed by atoms with Gasteiger partial charge in [-0.05, 0) is 29.8 Å². The van der Waals surface area contributed by atoms with Crippen molar-refractivity contribution >= 4 is 11.8 Å². The van der Waals surface area contributed by atoms with Crippen molar-refractivity contribution in [2.45, 2.75) is 6.54 Å². The molecule has 0 fully saturated rings. The fraction of sp³-hybridized carbons (Fsp3) is 0.188. The number of hydrogen-bond acceptors (Lipinski definition) is 5. The summed E-state index contributed by atoms with van der Waals surface area (Å²) >= 11 is 0. The van der Waals surface area contributed by atoms with E-state index in [4.69, 9.17) is 9.47 Å². The van der Waals surface area contributed by atoms with Gasteiger partial charge in [-0.15, -0.1) is 0 Å². The number of carbonyl (C=O) groups is 2. The molecule has 1 aromatic heterocycles. The molecule has 1 aliphatic heterocycles. The van der Waals surface area contributed by atoms with Gasteiger partial charge in [0.2, 0.25) is 12.7 Å². The molecule has 0 spiro atoms. The van der Waals surface area contributed by atoms with Crippen LogP contribution in [0, 0.1) is 0 Å². The van der Waals surface area contributed by atoms with Crippen molar-refractivity contribution in [2.24, 2.45) is 0 Å². The minimum absolute atomic E-state index is 0.104. The van der Waals surface area contributed by atoms with Crippen molar-refractivity contribution in [1.82, 2.24) is 15.6 Å². The lowest BCUT2D eigenvalue weighted by Crippen LogP contribution is -2.36. The lowest BCUT2D eigenvalue weighted by molar-refractivity contribution is -0.120. The van der Waals surface area contributed by atoms with Gasteiger partial charge >= 0.3 is 0 Å². The Hall–Kier alpha value is -3.09. The zero-order valence-electron chi connectivity index (χ0n) is 12.2. The van der Waals surface area contributed by atoms with Crippen LogP contribution in [0.5, 0.6) is 11.5 Å². The van der Waals surface area contributed by atoms with Crippen molar-refractivity contribution in [1.29, 1.82) is 0 Å². The van der Waals surface area contributed by atoms with Gasteiger partial charge in [-0.25, -0.2) is 0 Å². The van der Waals surface area contributed by atoms with Gasteiger partial charge in [-0.1, -0.05) is 6.07 Å². The summed E-state index contributed by atoms with van der Waals surface area (Å²) in [7, 11) is 0. The molecule has 118 valence electrons. The summed E-state index contributed by atoms with van der Waals surface area (Å²) in [5, 5.41) is 5.27. The number of ether oxygens (including phenoxy) is 2. The Morgan fingerprint density at radius 3 is 2.83 bits per heavy atom. The molecule has 7 nitrogen and oxygen atoms in total. The van der Waals surface area contributed by atoms with Gasteiger partial charge in [0.15, 0.2) is 11.5 Å². The zero-order valence-corrected chi connectivity index (χ0v) is 12.2. The van der Waals surface area contributed by atoms with E-state index in [1.54, 1.807) is 36.7 Å². The van der Waals surface area contributed by atoms with Crippen LogP contribution in [-0.4, -0.2) is 30.1 Å². The molecule has 0 aliphatic carbocycles. The molecule has 0 bridgehead atoms. The van der Waals surface area contributed by atoms with Crippen molar-refractivity contribution in [3.63, 3.8) is 0 Å². The first kappa shape index (κ1) is 14.8. The average Bonchev–Trinajstić information content (AvgIpc) is 3.06. The first-order valence-electron chi connectivity index (χ1n) is 7.06. The van der Waals surface area contributed by atoms with Crippen LogP contribution < -0.4 is 20.1 Å². The number of fused-ring (bicyclic) bond motifs is 1. The highest BCUT2D eigenvalue weighted by atomic mass is 16.7. The summed E-state index contributed by atoms with van der Waals surface area (Å²) in [5.41, 5.74) is 1.30. The topological polar surface area (TPSA) is 89.6 Å². The van der Waals surface area contributed by atoms with Crippen LogP contribution in [0.2, 0.25) is 0 Å². The third-order valence-electron chi connectivity index (χ3n) is 3.26. The number of amides is 2. The third-order valence-corrected chi connectivity index (χ3v) is 3.26. The van der Waals surface area contributed by atoms with Crippen LogP contribution in [0.3, 0.4) is 0 Å². The van der Waals surface area contributed by atoms with Crippen molar-refractivity contribution < 1.29 is 19.1 Å². The number of nitrogens with zero attached hydrogens (tertiary/aromatic N) is 1. The highest BCUT2D eigenvalue weighted by Gasteiger charge is 2.16. The maximum Gasteiger partial charge on any atom is 0.251 e. The molecule has 1 aliphatic rings. The van der Waals surface area contributed by atoms with Crippen LogP contribution in [0.4, 0.5) is 0 Å². The summed E-state index contributed by atoms with van der Waals surface area (Å²) in [6.45, 7) is 0.414. The summed E-state index contributed by atoms with van der Waals surface area (Å²) < 4.78 is 10.4. The monoisotopic (exact) mass is 313 g/mol. The second-order valence-electron chi connectivity index (χ2n) is 4.89. The van der Waals surface area contributed by atoms with Gasteiger partial charge in [0.05, 0.1) is 6.54 Å². The predicted molar refractivity (Wildman–Crippen MR) is 81.0 cm³/mol. The number of carbonyl (C=O) groups excluding carboxylic acids is 2. The molecule has 2 heterocycles. The van der Waals surface area contributed by atoms with E-state index in [0.717, 1.165) is 5.56 Å². The molecule has 0 unspecified atom stereocenters. The van der Waals surface area contributed by atoms with Crippen LogP contribution in [0.1, 0.15) is 15.9 Å². The summed E-state index contributed by atoms with van der Waals surface area (Å²) in [6.07, 6.45) is 3.34. The maximum atomic E-state index is 12.0. The standard InChI is InChI=1S/C16H15N3O4/c20-15(18-8-11-2-1-5-17-7-11)9-19-16(21)12-3-4-13-14(6-12)23-10-22-13/h1-7H,8-10H2,(H,18,20)(H,19,21). The number of benzene rings is 1. The predicted octanol–water partition coefficient (Wildman–Crippen LogP) is 0.856. The van der Waals surface area contributed by atoms with Crippen LogP contribution in [0.25, 0.3) is 0 Å². The average molecular weight is 313 g/mol. The van der Waals surface area contributed by atoms with Gasteiger partial charge in [0.1, 0.15) is 0 Å². The molecule has 0 radical (unpaired) electrons. The Morgan fingerprint density at radius 2 is 2.00 bits per heavy atom. The zero-order chi connectivity index (χ0) is 16.1. The second-order valence-corrected chi connectivity index (χ2v) is 4.89. The van der Waals surface area contributed by atoms with Crippen molar-refractivity contribution in [2.75, 3.05) is 13.3 Å². The molecule has 2 N–H and O–H groups in total. The number of pyridine rings is 1. The van der Waals surface area contributed by atoms with E-state index >= 15 is 0 Å². The van der Waals surface area contributed by atoms with Crippen LogP contribution in [0.15, 0.2) is 42.7 Å². The maximum absolute atomic E-state index is 12.0. The fourth-order valence-corrected chi connectivity index (χ4v) is 2.07. The second kappa shape index (κ2) is 6.78. The Kier molecular flexibility index (Phi) is 4.37. The third kappa shape index (κ3) is 3.76. The Labute approximate surface area is 132 Å². The molecule has 0 saturated carbocycles. The summed E-state index contributed by atoms with van der Waals surface area (Å²) in [5.74, 6) is 0.511. The first-order chi connectivity index (χ1) is 11.2. The lowest BCUT2D eigenvalue weighted by atomic mass is 10.2. The number of aromatic nitrogens is 1. The van der Waals surface area contributed by atoms with E-state index in [-0.39, 0.29) is 25.2 Å². The van der Waals surface area contributed by atoms with Crippen LogP contribution in [-0.2, 0) is 11.3 Å². The highest BCUT2D eigenvalue weighted by Crippen LogP contribution is 2.32. The minimum Gasteiger partial charge on any atom is -0.454 e. The number of rotatable bonds is 5. The van der Waals surface area contributed by atoms with Crippen LogP contribution >= 0.6 is 0 Å². The number of hydrogen-bond donors (Lipinski definition) is 2. The molecule has 0 atom stereocenters. The van der Waals surface area contributed by atoms with E-state index in [9.17, 15) is 9.59 Å². The molecular formula is C16H15N3O4. The van der Waals surface area contributed by atoms with Crippen molar-refractivity contribution in [3.05, 3.63) is 53.9 Å². The quantitative estimate of drug-likeness (QED) is 0.854. The van der Waals surface area contributed by atoms with Gasteiger partial charge in [-0.2, -0.15) is 0 Å². The SMILES string of the molecule is O=C(CNC(=O)c1ccc2c(c1)OCO2)NCc1cccnc1.